The van der Waals surface area contributed by atoms with Crippen LogP contribution in [0.4, 0.5) is 5.69 Å². The number of aliphatic hydroxyl groups excluding tert-OH is 1. The summed E-state index contributed by atoms with van der Waals surface area (Å²) in [7, 11) is 3.19. The summed E-state index contributed by atoms with van der Waals surface area (Å²) in [6.45, 7) is 0. The molecule has 0 saturated heterocycles. The molecule has 0 radical (unpaired) electrons. The molecule has 1 amide bonds. The quantitative estimate of drug-likeness (QED) is 0.563. The molecule has 3 atom stereocenters. The molecule has 146 valence electrons. The van der Waals surface area contributed by atoms with Crippen LogP contribution in [0.25, 0.3) is 0 Å². The number of benzene rings is 1. The number of carbonyl (C=O) groups excluding carboxylic acids is 1. The summed E-state index contributed by atoms with van der Waals surface area (Å²) in [4.78, 5) is 13.5. The third kappa shape index (κ3) is 4.28. The van der Waals surface area contributed by atoms with Gasteiger partial charge in [0.15, 0.2) is 17.4 Å². The molecule has 1 fully saturated rings. The molecule has 1 saturated carbocycles. The Morgan fingerprint density at radius 1 is 1.22 bits per heavy atom. The van der Waals surface area contributed by atoms with Gasteiger partial charge in [-0.3, -0.25) is 4.79 Å². The lowest BCUT2D eigenvalue weighted by Crippen LogP contribution is -2.48. The predicted octanol–water partition coefficient (Wildman–Crippen LogP) is 0.788. The highest BCUT2D eigenvalue weighted by molar-refractivity contribution is 7.83. The molecule has 1 aliphatic heterocycles. The summed E-state index contributed by atoms with van der Waals surface area (Å²) in [5, 5.41) is 26.6. The van der Waals surface area contributed by atoms with Crippen LogP contribution in [0.3, 0.4) is 0 Å². The standard InChI is InChI=1S/C17H23N5O4S/c1-22(2)17(25)10-6-5-8-12(14(10)24)19-16-15(20-27(26)21-16)18-11-7-3-4-9-13(11)23/h5-6,8,11,13,23-24H,3-4,7,9H2,1-2H3,(H,18,20)(H,19,21)/t11-,13-,27?/m1/s1. The summed E-state index contributed by atoms with van der Waals surface area (Å²) in [5.41, 5.74) is 0.387. The molecule has 0 aromatic heterocycles. The fraction of sp³-hybridized carbons (Fsp3) is 0.471. The molecule has 1 aromatic rings. The lowest BCUT2D eigenvalue weighted by atomic mass is 9.92. The lowest BCUT2D eigenvalue weighted by molar-refractivity contribution is 0.0824. The summed E-state index contributed by atoms with van der Waals surface area (Å²) in [6.07, 6.45) is 2.92. The number of hydrogen-bond donors (Lipinski definition) is 4. The van der Waals surface area contributed by atoms with E-state index in [2.05, 4.69) is 19.4 Å². The number of hydrogen-bond acceptors (Lipinski definition) is 6. The van der Waals surface area contributed by atoms with Gasteiger partial charge in [-0.25, -0.2) is 4.21 Å². The van der Waals surface area contributed by atoms with Gasteiger partial charge in [0.05, 0.1) is 23.4 Å². The molecular formula is C17H23N5O4S. The summed E-state index contributed by atoms with van der Waals surface area (Å²) >= 11 is -1.79. The van der Waals surface area contributed by atoms with Crippen LogP contribution in [-0.4, -0.2) is 63.1 Å². The van der Waals surface area contributed by atoms with Crippen molar-refractivity contribution >= 4 is 34.4 Å². The molecular weight excluding hydrogens is 370 g/mol. The first kappa shape index (κ1) is 19.3. The number of anilines is 1. The second kappa shape index (κ2) is 8.05. The Balaban J connectivity index is 1.79. The monoisotopic (exact) mass is 393 g/mol. The van der Waals surface area contributed by atoms with Gasteiger partial charge in [0.2, 0.25) is 0 Å². The molecule has 1 aliphatic carbocycles. The average Bonchev–Trinajstić information content (AvgIpc) is 2.97. The topological polar surface area (TPSA) is 127 Å². The van der Waals surface area contributed by atoms with Crippen molar-refractivity contribution in [1.29, 1.82) is 0 Å². The first-order chi connectivity index (χ1) is 12.9. The van der Waals surface area contributed by atoms with Gasteiger partial charge in [-0.15, -0.1) is 8.80 Å². The van der Waals surface area contributed by atoms with E-state index in [1.807, 2.05) is 0 Å². The molecule has 4 N–H and O–H groups in total. The first-order valence-electron chi connectivity index (χ1n) is 8.72. The van der Waals surface area contributed by atoms with E-state index in [1.165, 1.54) is 11.0 Å². The number of amidine groups is 2. The molecule has 1 heterocycles. The summed E-state index contributed by atoms with van der Waals surface area (Å²) in [5.74, 6) is -0.113. The van der Waals surface area contributed by atoms with Crippen LogP contribution in [0.15, 0.2) is 27.0 Å². The Kier molecular flexibility index (Phi) is 5.76. The number of aromatic hydroxyl groups is 1. The highest BCUT2D eigenvalue weighted by atomic mass is 32.2. The minimum absolute atomic E-state index is 0.138. The third-order valence-corrected chi connectivity index (χ3v) is 5.22. The molecule has 1 aromatic carbocycles. The molecule has 10 heteroatoms. The maximum Gasteiger partial charge on any atom is 0.269 e. The molecule has 0 spiro atoms. The van der Waals surface area contributed by atoms with Crippen molar-refractivity contribution in [2.45, 2.75) is 37.8 Å². The lowest BCUT2D eigenvalue weighted by Gasteiger charge is -2.29. The Hall–Kier alpha value is -2.46. The van der Waals surface area contributed by atoms with Crippen molar-refractivity contribution in [1.82, 2.24) is 10.2 Å². The van der Waals surface area contributed by atoms with Crippen molar-refractivity contribution in [2.24, 2.45) is 8.80 Å². The van der Waals surface area contributed by atoms with Gasteiger partial charge in [-0.1, -0.05) is 18.9 Å². The van der Waals surface area contributed by atoms with Gasteiger partial charge in [-0.2, -0.15) is 0 Å². The van der Waals surface area contributed by atoms with Crippen LogP contribution in [-0.2, 0) is 11.2 Å². The van der Waals surface area contributed by atoms with E-state index in [0.29, 0.717) is 6.42 Å². The number of amides is 1. The fourth-order valence-corrected chi connectivity index (χ4v) is 3.70. The first-order valence-corrected chi connectivity index (χ1v) is 9.78. The Labute approximate surface area is 159 Å². The summed E-state index contributed by atoms with van der Waals surface area (Å²) < 4.78 is 19.7. The molecule has 0 bridgehead atoms. The van der Waals surface area contributed by atoms with Gasteiger partial charge in [0.25, 0.3) is 17.1 Å². The second-order valence-electron chi connectivity index (χ2n) is 6.74. The van der Waals surface area contributed by atoms with Crippen molar-refractivity contribution in [2.75, 3.05) is 19.4 Å². The fourth-order valence-electron chi connectivity index (χ4n) is 3.08. The number of nitrogens with zero attached hydrogens (tertiary/aromatic N) is 3. The number of phenolic OH excluding ortho intramolecular Hbond substituents is 1. The second-order valence-corrected chi connectivity index (χ2v) is 7.57. The minimum Gasteiger partial charge on any atom is -0.505 e. The highest BCUT2D eigenvalue weighted by Crippen LogP contribution is 2.29. The molecule has 9 nitrogen and oxygen atoms in total. The Morgan fingerprint density at radius 3 is 2.63 bits per heavy atom. The van der Waals surface area contributed by atoms with E-state index in [1.54, 1.807) is 26.2 Å². The van der Waals surface area contributed by atoms with E-state index < -0.39 is 17.3 Å². The van der Waals surface area contributed by atoms with Gasteiger partial charge < -0.3 is 25.7 Å². The van der Waals surface area contributed by atoms with E-state index in [9.17, 15) is 19.2 Å². The number of rotatable bonds is 3. The predicted molar refractivity (Wildman–Crippen MR) is 104 cm³/mol. The van der Waals surface area contributed by atoms with E-state index in [0.717, 1.165) is 19.3 Å². The Bertz CT molecular complexity index is 824. The van der Waals surface area contributed by atoms with Crippen molar-refractivity contribution < 1.29 is 19.2 Å². The van der Waals surface area contributed by atoms with E-state index in [-0.39, 0.29) is 40.6 Å². The molecule has 1 unspecified atom stereocenters. The van der Waals surface area contributed by atoms with Crippen molar-refractivity contribution in [3.63, 3.8) is 0 Å². The van der Waals surface area contributed by atoms with Crippen LogP contribution in [0.2, 0.25) is 0 Å². The van der Waals surface area contributed by atoms with E-state index >= 15 is 0 Å². The Morgan fingerprint density at radius 2 is 1.93 bits per heavy atom. The maximum atomic E-state index is 12.2. The van der Waals surface area contributed by atoms with Crippen LogP contribution in [0, 0.1) is 0 Å². The van der Waals surface area contributed by atoms with Crippen LogP contribution in [0.1, 0.15) is 36.0 Å². The largest absolute Gasteiger partial charge is 0.505 e. The third-order valence-electron chi connectivity index (χ3n) is 4.54. The normalized spacial score (nSPS) is 24.8. The van der Waals surface area contributed by atoms with E-state index in [4.69, 9.17) is 0 Å². The molecule has 2 aliphatic rings. The summed E-state index contributed by atoms with van der Waals surface area (Å²) in [6, 6.07) is 4.53. The average molecular weight is 393 g/mol. The van der Waals surface area contributed by atoms with Crippen LogP contribution >= 0.6 is 0 Å². The smallest absolute Gasteiger partial charge is 0.269 e. The van der Waals surface area contributed by atoms with Crippen molar-refractivity contribution in [3.8, 4) is 5.75 Å². The SMILES string of the molecule is CN(C)C(=O)c1cccc(NC2=NS(=O)N=C2N[C@@H]2CCCC[C@H]2O)c1O. The zero-order valence-electron chi connectivity index (χ0n) is 15.2. The number of phenols is 1. The van der Waals surface area contributed by atoms with Gasteiger partial charge in [-0.05, 0) is 25.0 Å². The highest BCUT2D eigenvalue weighted by Gasteiger charge is 2.28. The molecule has 27 heavy (non-hydrogen) atoms. The van der Waals surface area contributed by atoms with Crippen molar-refractivity contribution in [3.05, 3.63) is 23.8 Å². The van der Waals surface area contributed by atoms with Gasteiger partial charge >= 0.3 is 0 Å². The minimum atomic E-state index is -1.79. The number of para-hydroxylation sites is 1. The zero-order valence-corrected chi connectivity index (χ0v) is 16.0. The molecule has 3 rings (SSSR count). The zero-order chi connectivity index (χ0) is 19.6. The number of nitrogens with one attached hydrogen (secondary N) is 2. The van der Waals surface area contributed by atoms with Crippen LogP contribution < -0.4 is 10.6 Å². The van der Waals surface area contributed by atoms with Gasteiger partial charge in [0, 0.05) is 14.1 Å². The van der Waals surface area contributed by atoms with Gasteiger partial charge in [0.1, 0.15) is 0 Å². The maximum absolute atomic E-state index is 12.2. The number of aliphatic hydroxyl groups is 1. The van der Waals surface area contributed by atoms with Crippen LogP contribution in [0.5, 0.6) is 5.75 Å². The number of carbonyl (C=O) groups is 1.